The highest BCUT2D eigenvalue weighted by Gasteiger charge is 2.11. The highest BCUT2D eigenvalue weighted by Crippen LogP contribution is 2.24. The zero-order valence-corrected chi connectivity index (χ0v) is 14.9. The molecule has 0 N–H and O–H groups in total. The zero-order valence-electron chi connectivity index (χ0n) is 14.1. The lowest BCUT2D eigenvalue weighted by Crippen LogP contribution is -2.18. The van der Waals surface area contributed by atoms with Crippen LogP contribution in [0.3, 0.4) is 0 Å². The summed E-state index contributed by atoms with van der Waals surface area (Å²) in [7, 11) is 2.04. The molecule has 2 aromatic carbocycles. The lowest BCUT2D eigenvalue weighted by atomic mass is 10.0. The first-order chi connectivity index (χ1) is 11.4. The van der Waals surface area contributed by atoms with Crippen LogP contribution in [0.25, 0.3) is 11.0 Å². The predicted molar refractivity (Wildman–Crippen MR) is 98.6 cm³/mol. The normalized spacial score (nSPS) is 11.4. The van der Waals surface area contributed by atoms with Crippen molar-refractivity contribution in [1.29, 1.82) is 0 Å². The topological polar surface area (TPSA) is 33.5 Å². The van der Waals surface area contributed by atoms with Gasteiger partial charge in [-0.2, -0.15) is 0 Å². The third-order valence-electron chi connectivity index (χ3n) is 4.32. The number of fused-ring (bicyclic) bond motifs is 1. The molecule has 0 aliphatic rings. The van der Waals surface area contributed by atoms with E-state index in [4.69, 9.17) is 16.0 Å². The predicted octanol–water partition coefficient (Wildman–Crippen LogP) is 4.70. The van der Waals surface area contributed by atoms with Gasteiger partial charge in [-0.05, 0) is 55.3 Å². The van der Waals surface area contributed by atoms with E-state index in [1.165, 1.54) is 5.56 Å². The molecule has 0 amide bonds. The van der Waals surface area contributed by atoms with E-state index < -0.39 is 0 Å². The summed E-state index contributed by atoms with van der Waals surface area (Å²) in [6.07, 6.45) is 0. The molecule has 0 fully saturated rings. The molecule has 0 aliphatic carbocycles. The highest BCUT2D eigenvalue weighted by molar-refractivity contribution is 6.30. The Balaban J connectivity index is 1.90. The Morgan fingerprint density at radius 2 is 1.75 bits per heavy atom. The van der Waals surface area contributed by atoms with E-state index in [1.54, 1.807) is 6.07 Å². The van der Waals surface area contributed by atoms with Crippen molar-refractivity contribution in [3.8, 4) is 0 Å². The average molecular weight is 342 g/mol. The van der Waals surface area contributed by atoms with Gasteiger partial charge in [0.15, 0.2) is 0 Å². The van der Waals surface area contributed by atoms with Gasteiger partial charge in [0.2, 0.25) is 0 Å². The molecular formula is C20H20ClNO2. The molecular weight excluding hydrogens is 322 g/mol. The van der Waals surface area contributed by atoms with Crippen molar-refractivity contribution >= 4 is 22.6 Å². The minimum Gasteiger partial charge on any atom is -0.422 e. The second-order valence-electron chi connectivity index (χ2n) is 6.27. The highest BCUT2D eigenvalue weighted by atomic mass is 35.5. The lowest BCUT2D eigenvalue weighted by Gasteiger charge is -2.18. The van der Waals surface area contributed by atoms with Crippen LogP contribution in [0.15, 0.2) is 51.7 Å². The van der Waals surface area contributed by atoms with Crippen LogP contribution < -0.4 is 5.63 Å². The van der Waals surface area contributed by atoms with Gasteiger partial charge in [-0.25, -0.2) is 4.79 Å². The molecule has 0 spiro atoms. The third-order valence-corrected chi connectivity index (χ3v) is 4.58. The molecule has 0 unspecified atom stereocenters. The fourth-order valence-electron chi connectivity index (χ4n) is 2.90. The van der Waals surface area contributed by atoms with Crippen molar-refractivity contribution in [2.45, 2.75) is 26.9 Å². The Morgan fingerprint density at radius 1 is 1.04 bits per heavy atom. The average Bonchev–Trinajstić information content (AvgIpc) is 2.53. The SMILES string of the molecule is Cc1ccc2c(CN(C)Cc3ccc(Cl)cc3)cc(=O)oc2c1C. The minimum atomic E-state index is -0.300. The summed E-state index contributed by atoms with van der Waals surface area (Å²) >= 11 is 5.93. The van der Waals surface area contributed by atoms with Gasteiger partial charge in [-0.3, -0.25) is 4.90 Å². The van der Waals surface area contributed by atoms with Gasteiger partial charge in [0, 0.05) is 29.6 Å². The first-order valence-electron chi connectivity index (χ1n) is 7.90. The van der Waals surface area contributed by atoms with Crippen LogP contribution in [0, 0.1) is 13.8 Å². The van der Waals surface area contributed by atoms with Gasteiger partial charge in [0.05, 0.1) is 0 Å². The van der Waals surface area contributed by atoms with E-state index in [0.29, 0.717) is 12.1 Å². The fraction of sp³-hybridized carbons (Fsp3) is 0.250. The zero-order chi connectivity index (χ0) is 17.3. The van der Waals surface area contributed by atoms with Crippen molar-refractivity contribution in [3.63, 3.8) is 0 Å². The number of nitrogens with zero attached hydrogens (tertiary/aromatic N) is 1. The van der Waals surface area contributed by atoms with Crippen LogP contribution in [0.1, 0.15) is 22.3 Å². The molecule has 0 aliphatic heterocycles. The third kappa shape index (κ3) is 3.53. The van der Waals surface area contributed by atoms with Crippen LogP contribution in [0.5, 0.6) is 0 Å². The fourth-order valence-corrected chi connectivity index (χ4v) is 3.03. The van der Waals surface area contributed by atoms with Gasteiger partial charge < -0.3 is 4.42 Å². The Kier molecular flexibility index (Phi) is 4.74. The van der Waals surface area contributed by atoms with Gasteiger partial charge >= 0.3 is 5.63 Å². The Labute approximate surface area is 146 Å². The molecule has 3 rings (SSSR count). The van der Waals surface area contributed by atoms with E-state index in [-0.39, 0.29) is 5.63 Å². The maximum Gasteiger partial charge on any atom is 0.336 e. The minimum absolute atomic E-state index is 0.300. The molecule has 0 atom stereocenters. The van der Waals surface area contributed by atoms with Gasteiger partial charge in [0.25, 0.3) is 0 Å². The van der Waals surface area contributed by atoms with Crippen LogP contribution in [-0.2, 0) is 13.1 Å². The van der Waals surface area contributed by atoms with Gasteiger partial charge in [-0.1, -0.05) is 35.9 Å². The van der Waals surface area contributed by atoms with Crippen molar-refractivity contribution < 1.29 is 4.42 Å². The molecule has 3 nitrogen and oxygen atoms in total. The molecule has 0 saturated carbocycles. The second kappa shape index (κ2) is 6.80. The maximum atomic E-state index is 11.9. The van der Waals surface area contributed by atoms with Crippen molar-refractivity contribution in [2.75, 3.05) is 7.05 Å². The number of hydrogen-bond acceptors (Lipinski definition) is 3. The van der Waals surface area contributed by atoms with Gasteiger partial charge in [0.1, 0.15) is 5.58 Å². The Morgan fingerprint density at radius 3 is 2.46 bits per heavy atom. The molecule has 3 aromatic rings. The number of hydrogen-bond donors (Lipinski definition) is 0. The van der Waals surface area contributed by atoms with Crippen molar-refractivity contribution in [1.82, 2.24) is 4.90 Å². The van der Waals surface area contributed by atoms with E-state index >= 15 is 0 Å². The van der Waals surface area contributed by atoms with Crippen molar-refractivity contribution in [2.24, 2.45) is 0 Å². The number of rotatable bonds is 4. The lowest BCUT2D eigenvalue weighted by molar-refractivity contribution is 0.319. The number of benzene rings is 2. The molecule has 0 bridgehead atoms. The first kappa shape index (κ1) is 16.7. The van der Waals surface area contributed by atoms with Crippen molar-refractivity contribution in [3.05, 3.63) is 80.2 Å². The number of halogens is 1. The maximum absolute atomic E-state index is 11.9. The van der Waals surface area contributed by atoms with Crippen LogP contribution in [0.4, 0.5) is 0 Å². The summed E-state index contributed by atoms with van der Waals surface area (Å²) in [5.41, 5.74) is 4.70. The standard InChI is InChI=1S/C20H20ClNO2/c1-13-4-9-18-16(10-19(23)24-20(18)14(13)2)12-22(3)11-15-5-7-17(21)8-6-15/h4-10H,11-12H2,1-3H3. The summed E-state index contributed by atoms with van der Waals surface area (Å²) in [6, 6.07) is 13.5. The summed E-state index contributed by atoms with van der Waals surface area (Å²) in [4.78, 5) is 14.1. The summed E-state index contributed by atoms with van der Waals surface area (Å²) in [6.45, 7) is 5.47. The molecule has 0 radical (unpaired) electrons. The van der Waals surface area contributed by atoms with E-state index in [2.05, 4.69) is 11.0 Å². The molecule has 1 heterocycles. The molecule has 24 heavy (non-hydrogen) atoms. The van der Waals surface area contributed by atoms with E-state index in [9.17, 15) is 4.79 Å². The number of aryl methyl sites for hydroxylation is 2. The monoisotopic (exact) mass is 341 g/mol. The Bertz CT molecular complexity index is 929. The van der Waals surface area contributed by atoms with E-state index in [1.807, 2.05) is 51.2 Å². The molecule has 1 aromatic heterocycles. The summed E-state index contributed by atoms with van der Waals surface area (Å²) in [5, 5.41) is 1.74. The first-order valence-corrected chi connectivity index (χ1v) is 8.28. The molecule has 124 valence electrons. The summed E-state index contributed by atoms with van der Waals surface area (Å²) < 4.78 is 5.44. The van der Waals surface area contributed by atoms with Crippen LogP contribution in [0.2, 0.25) is 5.02 Å². The Hall–Kier alpha value is -2.10. The molecule has 0 saturated heterocycles. The van der Waals surface area contributed by atoms with E-state index in [0.717, 1.165) is 33.6 Å². The molecule has 4 heteroatoms. The van der Waals surface area contributed by atoms with Gasteiger partial charge in [-0.15, -0.1) is 0 Å². The smallest absolute Gasteiger partial charge is 0.336 e. The quantitative estimate of drug-likeness (QED) is 0.645. The second-order valence-corrected chi connectivity index (χ2v) is 6.71. The van der Waals surface area contributed by atoms with Crippen LogP contribution in [-0.4, -0.2) is 11.9 Å². The van der Waals surface area contributed by atoms with Crippen LogP contribution >= 0.6 is 11.6 Å². The summed E-state index contributed by atoms with van der Waals surface area (Å²) in [5.74, 6) is 0. The largest absolute Gasteiger partial charge is 0.422 e.